The van der Waals surface area contributed by atoms with E-state index in [1.54, 1.807) is 0 Å². The van der Waals surface area contributed by atoms with E-state index in [1.165, 1.54) is 11.1 Å². The highest BCUT2D eigenvalue weighted by Gasteiger charge is 2.08. The molecule has 0 aliphatic rings. The van der Waals surface area contributed by atoms with Crippen molar-refractivity contribution in [1.29, 1.82) is 0 Å². The standard InChI is InChI=1S/C17H24N4/c1-5-8-18-10-15-11-20-17(12-19-15)21(4)16-7-6-13(2)9-14(16)3/h6-7,9,11-12,18H,5,8,10H2,1-4H3. The van der Waals surface area contributed by atoms with Crippen molar-refractivity contribution in [2.75, 3.05) is 18.5 Å². The number of hydrogen-bond donors (Lipinski definition) is 1. The van der Waals surface area contributed by atoms with Crippen molar-refractivity contribution in [3.63, 3.8) is 0 Å². The number of hydrogen-bond acceptors (Lipinski definition) is 4. The second-order valence-electron chi connectivity index (χ2n) is 5.39. The van der Waals surface area contributed by atoms with Gasteiger partial charge in [0.2, 0.25) is 0 Å². The minimum atomic E-state index is 0.772. The third-order valence-corrected chi connectivity index (χ3v) is 3.48. The molecule has 0 unspecified atom stereocenters. The van der Waals surface area contributed by atoms with Gasteiger partial charge < -0.3 is 10.2 Å². The molecule has 21 heavy (non-hydrogen) atoms. The lowest BCUT2D eigenvalue weighted by atomic mass is 10.1. The van der Waals surface area contributed by atoms with Gasteiger partial charge in [-0.05, 0) is 38.4 Å². The molecule has 0 atom stereocenters. The second-order valence-corrected chi connectivity index (χ2v) is 5.39. The van der Waals surface area contributed by atoms with Gasteiger partial charge in [-0.1, -0.05) is 24.6 Å². The summed E-state index contributed by atoms with van der Waals surface area (Å²) in [5, 5.41) is 3.33. The molecule has 1 heterocycles. The summed E-state index contributed by atoms with van der Waals surface area (Å²) in [6.45, 7) is 8.16. The zero-order valence-corrected chi connectivity index (χ0v) is 13.3. The van der Waals surface area contributed by atoms with Crippen molar-refractivity contribution in [2.45, 2.75) is 33.7 Å². The Morgan fingerprint density at radius 2 is 1.95 bits per heavy atom. The Morgan fingerprint density at radius 1 is 1.14 bits per heavy atom. The Labute approximate surface area is 127 Å². The predicted octanol–water partition coefficient (Wildman–Crippen LogP) is 3.36. The van der Waals surface area contributed by atoms with Gasteiger partial charge in [-0.3, -0.25) is 4.98 Å². The van der Waals surface area contributed by atoms with Gasteiger partial charge in [0.05, 0.1) is 18.1 Å². The van der Waals surface area contributed by atoms with Crippen LogP contribution in [0, 0.1) is 13.8 Å². The molecule has 0 bridgehead atoms. The molecule has 2 aromatic rings. The highest BCUT2D eigenvalue weighted by atomic mass is 15.2. The van der Waals surface area contributed by atoms with Gasteiger partial charge in [0.1, 0.15) is 0 Å². The molecule has 4 nitrogen and oxygen atoms in total. The van der Waals surface area contributed by atoms with E-state index >= 15 is 0 Å². The highest BCUT2D eigenvalue weighted by molar-refractivity contribution is 5.62. The van der Waals surface area contributed by atoms with Crippen LogP contribution in [-0.2, 0) is 6.54 Å². The largest absolute Gasteiger partial charge is 0.328 e. The van der Waals surface area contributed by atoms with Gasteiger partial charge in [0.15, 0.2) is 5.82 Å². The van der Waals surface area contributed by atoms with E-state index in [9.17, 15) is 0 Å². The van der Waals surface area contributed by atoms with Crippen LogP contribution in [0.25, 0.3) is 0 Å². The molecule has 1 N–H and O–H groups in total. The topological polar surface area (TPSA) is 41.1 Å². The minimum Gasteiger partial charge on any atom is -0.328 e. The van der Waals surface area contributed by atoms with Crippen LogP contribution >= 0.6 is 0 Å². The Bertz CT molecular complexity index is 578. The fraction of sp³-hybridized carbons (Fsp3) is 0.412. The lowest BCUT2D eigenvalue weighted by Crippen LogP contribution is -2.16. The number of anilines is 2. The first-order chi connectivity index (χ1) is 10.1. The maximum absolute atomic E-state index is 4.52. The molecule has 0 spiro atoms. The first-order valence-electron chi connectivity index (χ1n) is 7.44. The van der Waals surface area contributed by atoms with Crippen LogP contribution in [0.2, 0.25) is 0 Å². The predicted molar refractivity (Wildman–Crippen MR) is 88.0 cm³/mol. The van der Waals surface area contributed by atoms with Gasteiger partial charge in [-0.15, -0.1) is 0 Å². The van der Waals surface area contributed by atoms with Gasteiger partial charge in [0.25, 0.3) is 0 Å². The summed E-state index contributed by atoms with van der Waals surface area (Å²) in [7, 11) is 2.02. The SMILES string of the molecule is CCCNCc1cnc(N(C)c2ccc(C)cc2C)cn1. The monoisotopic (exact) mass is 284 g/mol. The van der Waals surface area contributed by atoms with Crippen molar-refractivity contribution in [1.82, 2.24) is 15.3 Å². The molecule has 1 aromatic heterocycles. The number of rotatable bonds is 6. The van der Waals surface area contributed by atoms with E-state index < -0.39 is 0 Å². The van der Waals surface area contributed by atoms with Crippen LogP contribution in [0.3, 0.4) is 0 Å². The number of aromatic nitrogens is 2. The maximum Gasteiger partial charge on any atom is 0.151 e. The van der Waals surface area contributed by atoms with Crippen LogP contribution in [0.1, 0.15) is 30.2 Å². The summed E-state index contributed by atoms with van der Waals surface area (Å²) in [6, 6.07) is 6.43. The van der Waals surface area contributed by atoms with Gasteiger partial charge in [-0.2, -0.15) is 0 Å². The minimum absolute atomic E-state index is 0.772. The van der Waals surface area contributed by atoms with Crippen LogP contribution in [0.5, 0.6) is 0 Å². The van der Waals surface area contributed by atoms with E-state index in [4.69, 9.17) is 0 Å². The van der Waals surface area contributed by atoms with Gasteiger partial charge >= 0.3 is 0 Å². The number of benzene rings is 1. The Kier molecular flexibility index (Phi) is 5.28. The molecule has 0 fully saturated rings. The van der Waals surface area contributed by atoms with Gasteiger partial charge in [0, 0.05) is 19.3 Å². The molecular formula is C17H24N4. The molecule has 1 aromatic carbocycles. The fourth-order valence-corrected chi connectivity index (χ4v) is 2.31. The first kappa shape index (κ1) is 15.4. The first-order valence-corrected chi connectivity index (χ1v) is 7.44. The van der Waals surface area contributed by atoms with Crippen LogP contribution in [0.15, 0.2) is 30.6 Å². The van der Waals surface area contributed by atoms with Crippen molar-refractivity contribution in [2.24, 2.45) is 0 Å². The second kappa shape index (κ2) is 7.18. The summed E-state index contributed by atoms with van der Waals surface area (Å²) in [4.78, 5) is 11.1. The molecule has 112 valence electrons. The number of nitrogens with one attached hydrogen (secondary N) is 1. The fourth-order valence-electron chi connectivity index (χ4n) is 2.31. The number of nitrogens with zero attached hydrogens (tertiary/aromatic N) is 3. The van der Waals surface area contributed by atoms with Crippen molar-refractivity contribution in [3.05, 3.63) is 47.4 Å². The van der Waals surface area contributed by atoms with E-state index in [-0.39, 0.29) is 0 Å². The molecule has 0 aliphatic carbocycles. The maximum atomic E-state index is 4.52. The molecule has 4 heteroatoms. The number of aryl methyl sites for hydroxylation is 2. The van der Waals surface area contributed by atoms with Crippen LogP contribution < -0.4 is 10.2 Å². The normalized spacial score (nSPS) is 10.7. The van der Waals surface area contributed by atoms with E-state index in [0.29, 0.717) is 0 Å². The lowest BCUT2D eigenvalue weighted by Gasteiger charge is -2.20. The Balaban J connectivity index is 2.10. The Hall–Kier alpha value is -1.94. The van der Waals surface area contributed by atoms with Crippen LogP contribution in [-0.4, -0.2) is 23.6 Å². The molecule has 0 amide bonds. The summed E-state index contributed by atoms with van der Waals surface area (Å²) in [5.41, 5.74) is 4.65. The average molecular weight is 284 g/mol. The molecule has 2 rings (SSSR count). The molecule has 0 saturated heterocycles. The van der Waals surface area contributed by atoms with E-state index in [0.717, 1.165) is 36.7 Å². The van der Waals surface area contributed by atoms with Crippen molar-refractivity contribution in [3.8, 4) is 0 Å². The average Bonchev–Trinajstić information content (AvgIpc) is 2.48. The third-order valence-electron chi connectivity index (χ3n) is 3.48. The summed E-state index contributed by atoms with van der Waals surface area (Å²) < 4.78 is 0. The third kappa shape index (κ3) is 4.02. The molecule has 0 radical (unpaired) electrons. The molecular weight excluding hydrogens is 260 g/mol. The van der Waals surface area contributed by atoms with Gasteiger partial charge in [-0.25, -0.2) is 4.98 Å². The zero-order chi connectivity index (χ0) is 15.2. The van der Waals surface area contributed by atoms with Crippen molar-refractivity contribution >= 4 is 11.5 Å². The molecule has 0 aliphatic heterocycles. The summed E-state index contributed by atoms with van der Waals surface area (Å²) in [6.07, 6.45) is 4.81. The summed E-state index contributed by atoms with van der Waals surface area (Å²) in [5.74, 6) is 0.862. The molecule has 0 saturated carbocycles. The zero-order valence-electron chi connectivity index (χ0n) is 13.3. The quantitative estimate of drug-likeness (QED) is 0.826. The van der Waals surface area contributed by atoms with Crippen molar-refractivity contribution < 1.29 is 0 Å². The smallest absolute Gasteiger partial charge is 0.151 e. The van der Waals surface area contributed by atoms with E-state index in [2.05, 4.69) is 59.2 Å². The highest BCUT2D eigenvalue weighted by Crippen LogP contribution is 2.25. The van der Waals surface area contributed by atoms with E-state index in [1.807, 2.05) is 19.4 Å². The summed E-state index contributed by atoms with van der Waals surface area (Å²) >= 11 is 0. The lowest BCUT2D eigenvalue weighted by molar-refractivity contribution is 0.662. The van der Waals surface area contributed by atoms with Crippen LogP contribution in [0.4, 0.5) is 11.5 Å². The Morgan fingerprint density at radius 3 is 2.57 bits per heavy atom.